The summed E-state index contributed by atoms with van der Waals surface area (Å²) >= 11 is 0. The Bertz CT molecular complexity index is 681. The predicted molar refractivity (Wildman–Crippen MR) is 80.6 cm³/mol. The first-order chi connectivity index (χ1) is 8.77. The molecule has 2 aromatic carbocycles. The van der Waals surface area contributed by atoms with Crippen LogP contribution in [0.3, 0.4) is 0 Å². The SMILES string of the molecule is C=c1cccc(-c2ccccc2/N=C\C)/c1=C\C. The molecule has 90 valence electrons. The lowest BCUT2D eigenvalue weighted by atomic mass is 10.0. The third kappa shape index (κ3) is 2.25. The van der Waals surface area contributed by atoms with Gasteiger partial charge in [0.2, 0.25) is 0 Å². The van der Waals surface area contributed by atoms with Crippen LogP contribution in [0.1, 0.15) is 13.8 Å². The van der Waals surface area contributed by atoms with Gasteiger partial charge in [-0.3, -0.25) is 4.99 Å². The summed E-state index contributed by atoms with van der Waals surface area (Å²) in [6.07, 6.45) is 3.92. The Kier molecular flexibility index (Phi) is 3.73. The van der Waals surface area contributed by atoms with Crippen molar-refractivity contribution in [3.05, 3.63) is 52.9 Å². The quantitative estimate of drug-likeness (QED) is 0.708. The highest BCUT2D eigenvalue weighted by atomic mass is 14.7. The van der Waals surface area contributed by atoms with Crippen LogP contribution in [0.2, 0.25) is 0 Å². The minimum atomic E-state index is 0.994. The summed E-state index contributed by atoms with van der Waals surface area (Å²) < 4.78 is 0. The Morgan fingerprint density at radius 3 is 2.39 bits per heavy atom. The van der Waals surface area contributed by atoms with Crippen molar-refractivity contribution in [3.8, 4) is 11.1 Å². The summed E-state index contributed by atoms with van der Waals surface area (Å²) in [5.41, 5.74) is 3.33. The van der Waals surface area contributed by atoms with Crippen molar-refractivity contribution in [1.29, 1.82) is 0 Å². The summed E-state index contributed by atoms with van der Waals surface area (Å²) in [7, 11) is 0. The summed E-state index contributed by atoms with van der Waals surface area (Å²) in [5.74, 6) is 0. The molecular formula is C17H17N. The van der Waals surface area contributed by atoms with Gasteiger partial charge >= 0.3 is 0 Å². The molecule has 0 N–H and O–H groups in total. The van der Waals surface area contributed by atoms with Crippen molar-refractivity contribution in [2.24, 2.45) is 4.99 Å². The van der Waals surface area contributed by atoms with Gasteiger partial charge in [-0.25, -0.2) is 0 Å². The maximum atomic E-state index is 4.43. The zero-order valence-corrected chi connectivity index (χ0v) is 10.9. The molecule has 2 aromatic rings. The lowest BCUT2D eigenvalue weighted by Crippen LogP contribution is -2.24. The summed E-state index contributed by atoms with van der Waals surface area (Å²) in [4.78, 5) is 4.43. The van der Waals surface area contributed by atoms with Crippen LogP contribution in [0, 0.1) is 0 Å². The molecule has 0 aliphatic carbocycles. The lowest BCUT2D eigenvalue weighted by Gasteiger charge is -2.07. The zero-order valence-electron chi connectivity index (χ0n) is 10.9. The fraction of sp³-hybridized carbons (Fsp3) is 0.118. The molecule has 0 atom stereocenters. The first-order valence-corrected chi connectivity index (χ1v) is 6.10. The van der Waals surface area contributed by atoms with Gasteiger partial charge in [0.05, 0.1) is 5.69 Å². The van der Waals surface area contributed by atoms with E-state index in [1.165, 1.54) is 10.8 Å². The van der Waals surface area contributed by atoms with E-state index in [1.807, 2.05) is 50.4 Å². The van der Waals surface area contributed by atoms with E-state index in [0.717, 1.165) is 16.5 Å². The molecule has 0 heterocycles. The third-order valence-corrected chi connectivity index (χ3v) is 2.95. The van der Waals surface area contributed by atoms with Crippen molar-refractivity contribution >= 4 is 24.6 Å². The molecule has 1 heteroatoms. The molecule has 0 saturated carbocycles. The van der Waals surface area contributed by atoms with Crippen LogP contribution in [0.25, 0.3) is 23.8 Å². The van der Waals surface area contributed by atoms with E-state index in [-0.39, 0.29) is 0 Å². The van der Waals surface area contributed by atoms with Crippen molar-refractivity contribution in [3.63, 3.8) is 0 Å². The average Bonchev–Trinajstić information content (AvgIpc) is 2.39. The molecule has 0 aliphatic heterocycles. The Morgan fingerprint density at radius 1 is 0.944 bits per heavy atom. The predicted octanol–water partition coefficient (Wildman–Crippen LogP) is 3.29. The Morgan fingerprint density at radius 2 is 1.67 bits per heavy atom. The van der Waals surface area contributed by atoms with Crippen LogP contribution in [0.4, 0.5) is 5.69 Å². The minimum Gasteiger partial charge on any atom is -0.261 e. The molecular weight excluding hydrogens is 218 g/mol. The van der Waals surface area contributed by atoms with Gasteiger partial charge < -0.3 is 0 Å². The van der Waals surface area contributed by atoms with E-state index in [4.69, 9.17) is 0 Å². The fourth-order valence-electron chi connectivity index (χ4n) is 2.14. The monoisotopic (exact) mass is 235 g/mol. The minimum absolute atomic E-state index is 0.994. The van der Waals surface area contributed by atoms with E-state index < -0.39 is 0 Å². The molecule has 0 unspecified atom stereocenters. The normalized spacial score (nSPS) is 12.2. The first kappa shape index (κ1) is 12.3. The van der Waals surface area contributed by atoms with Crippen LogP contribution in [-0.2, 0) is 0 Å². The highest BCUT2D eigenvalue weighted by molar-refractivity contribution is 5.79. The van der Waals surface area contributed by atoms with Crippen LogP contribution in [-0.4, -0.2) is 6.21 Å². The molecule has 0 saturated heterocycles. The number of rotatable bonds is 2. The van der Waals surface area contributed by atoms with Crippen LogP contribution in [0.5, 0.6) is 0 Å². The molecule has 0 fully saturated rings. The molecule has 18 heavy (non-hydrogen) atoms. The molecule has 0 aromatic heterocycles. The standard InChI is InChI=1S/C17H17N/c1-4-14-13(3)9-8-11-15(14)16-10-6-7-12-17(16)18-5-2/h4-12H,3H2,1-2H3/b14-4-,18-5-. The number of hydrogen-bond acceptors (Lipinski definition) is 1. The van der Waals surface area contributed by atoms with Gasteiger partial charge in [-0.2, -0.15) is 0 Å². The van der Waals surface area contributed by atoms with Crippen molar-refractivity contribution in [1.82, 2.24) is 0 Å². The Hall–Kier alpha value is -2.15. The van der Waals surface area contributed by atoms with Crippen molar-refractivity contribution in [2.45, 2.75) is 13.8 Å². The Labute approximate surface area is 108 Å². The van der Waals surface area contributed by atoms with Crippen LogP contribution >= 0.6 is 0 Å². The maximum absolute atomic E-state index is 4.43. The Balaban J connectivity index is 2.78. The third-order valence-electron chi connectivity index (χ3n) is 2.95. The fourth-order valence-corrected chi connectivity index (χ4v) is 2.14. The number of benzene rings is 2. The molecule has 0 radical (unpaired) electrons. The van der Waals surface area contributed by atoms with Gasteiger partial charge in [-0.15, -0.1) is 0 Å². The molecule has 0 spiro atoms. The van der Waals surface area contributed by atoms with Gasteiger partial charge in [0.1, 0.15) is 0 Å². The zero-order chi connectivity index (χ0) is 13.0. The van der Waals surface area contributed by atoms with Gasteiger partial charge in [0.15, 0.2) is 0 Å². The van der Waals surface area contributed by atoms with Crippen LogP contribution in [0.15, 0.2) is 47.5 Å². The van der Waals surface area contributed by atoms with Gasteiger partial charge in [-0.05, 0) is 35.9 Å². The maximum Gasteiger partial charge on any atom is 0.0704 e. The second-order valence-electron chi connectivity index (χ2n) is 4.07. The van der Waals surface area contributed by atoms with Crippen molar-refractivity contribution < 1.29 is 0 Å². The van der Waals surface area contributed by atoms with Gasteiger partial charge in [-0.1, -0.05) is 49.1 Å². The number of hydrogen-bond donors (Lipinski definition) is 0. The summed E-state index contributed by atoms with van der Waals surface area (Å²) in [6.45, 7) is 8.06. The first-order valence-electron chi connectivity index (χ1n) is 6.10. The number of aliphatic imine (C=N–C) groups is 1. The second kappa shape index (κ2) is 5.46. The molecule has 1 nitrogen and oxygen atoms in total. The molecule has 0 aliphatic rings. The molecule has 2 rings (SSSR count). The average molecular weight is 235 g/mol. The van der Waals surface area contributed by atoms with Crippen LogP contribution < -0.4 is 10.4 Å². The lowest BCUT2D eigenvalue weighted by molar-refractivity contribution is 1.46. The largest absolute Gasteiger partial charge is 0.261 e. The number of para-hydroxylation sites is 1. The molecule has 0 amide bonds. The van der Waals surface area contributed by atoms with Crippen molar-refractivity contribution in [2.75, 3.05) is 0 Å². The van der Waals surface area contributed by atoms with E-state index in [1.54, 1.807) is 0 Å². The van der Waals surface area contributed by atoms with Gasteiger partial charge in [0.25, 0.3) is 0 Å². The summed E-state index contributed by atoms with van der Waals surface area (Å²) in [5, 5.41) is 2.22. The number of nitrogens with zero attached hydrogens (tertiary/aromatic N) is 1. The van der Waals surface area contributed by atoms with Gasteiger partial charge in [0, 0.05) is 11.8 Å². The van der Waals surface area contributed by atoms with E-state index in [2.05, 4.69) is 29.8 Å². The topological polar surface area (TPSA) is 12.4 Å². The summed E-state index contributed by atoms with van der Waals surface area (Å²) in [6, 6.07) is 14.4. The van der Waals surface area contributed by atoms with E-state index in [0.29, 0.717) is 0 Å². The second-order valence-corrected chi connectivity index (χ2v) is 4.07. The smallest absolute Gasteiger partial charge is 0.0704 e. The highest BCUT2D eigenvalue weighted by Gasteiger charge is 2.04. The van der Waals surface area contributed by atoms with E-state index in [9.17, 15) is 0 Å². The highest BCUT2D eigenvalue weighted by Crippen LogP contribution is 2.27. The molecule has 0 bridgehead atoms. The van der Waals surface area contributed by atoms with E-state index >= 15 is 0 Å².